The van der Waals surface area contributed by atoms with E-state index in [-0.39, 0.29) is 0 Å². The van der Waals surface area contributed by atoms with Crippen molar-refractivity contribution >= 4 is 35.8 Å². The summed E-state index contributed by atoms with van der Waals surface area (Å²) in [5, 5.41) is 0. The Morgan fingerprint density at radius 3 is 1.56 bits per heavy atom. The van der Waals surface area contributed by atoms with E-state index in [2.05, 4.69) is 0 Å². The van der Waals surface area contributed by atoms with Gasteiger partial charge in [-0.25, -0.2) is 4.57 Å². The molecule has 0 fully saturated rings. The molecule has 0 aliphatic heterocycles. The largest absolute Gasteiger partial charge is 0.466 e. The Morgan fingerprint density at radius 1 is 1.56 bits per heavy atom. The summed E-state index contributed by atoms with van der Waals surface area (Å²) in [4.78, 5) is 21.6. The van der Waals surface area contributed by atoms with Crippen molar-refractivity contribution in [2.24, 2.45) is 5.73 Å². The summed E-state index contributed by atoms with van der Waals surface area (Å²) in [5.41, 5.74) is 5.17. The molecule has 1 unspecified atom stereocenters. The monoisotopic (exact) mass is 165 g/mol. The van der Waals surface area contributed by atoms with Gasteiger partial charge < -0.3 is 14.7 Å². The summed E-state index contributed by atoms with van der Waals surface area (Å²) in [6.45, 7) is 2.01. The molecule has 0 saturated carbocycles. The van der Waals surface area contributed by atoms with Crippen molar-refractivity contribution in [3.05, 3.63) is 0 Å². The van der Waals surface area contributed by atoms with E-state index >= 15 is 0 Å². The Labute approximate surface area is 70.9 Å². The number of hydrogen-bond donors (Lipinski definition) is 4. The maximum absolute atomic E-state index is 8.88. The zero-order valence-corrected chi connectivity index (χ0v) is 8.25. The third kappa shape index (κ3) is 396. The van der Waals surface area contributed by atoms with Gasteiger partial charge in [-0.05, 0) is 0 Å². The van der Waals surface area contributed by atoms with E-state index in [0.717, 1.165) is 27.9 Å². The van der Waals surface area contributed by atoms with Crippen LogP contribution < -0.4 is 5.73 Å². The molecule has 7 heteroatoms. The molecule has 0 aromatic rings. The molecule has 0 aromatic carbocycles. The molecule has 0 aromatic heterocycles. The van der Waals surface area contributed by atoms with E-state index in [9.17, 15) is 0 Å². The van der Waals surface area contributed by atoms with Crippen LogP contribution in [-0.2, 0) is 4.57 Å². The molecular weight excluding hydrogens is 156 g/mol. The Balaban J connectivity index is 0. The molecule has 0 amide bonds. The average molecular weight is 165 g/mol. The third-order valence-corrected chi connectivity index (χ3v) is 0. The molecule has 9 heavy (non-hydrogen) atoms. The van der Waals surface area contributed by atoms with Crippen LogP contribution in [0.25, 0.3) is 0 Å². The van der Waals surface area contributed by atoms with E-state index in [4.69, 9.17) is 25.0 Å². The van der Waals surface area contributed by atoms with Gasteiger partial charge in [-0.3, -0.25) is 0 Å². The van der Waals surface area contributed by atoms with Crippen LogP contribution in [0.15, 0.2) is 0 Å². The van der Waals surface area contributed by atoms with E-state index < -0.39 is 7.82 Å². The van der Waals surface area contributed by atoms with Crippen molar-refractivity contribution in [1.29, 1.82) is 0 Å². The molecule has 0 aliphatic carbocycles. The Hall–Kier alpha value is 1.07. The summed E-state index contributed by atoms with van der Waals surface area (Å²) in [7, 11) is -4.64. The van der Waals surface area contributed by atoms with Crippen LogP contribution in [0.4, 0.5) is 0 Å². The molecule has 0 saturated heterocycles. The first-order chi connectivity index (χ1) is 3.73. The minimum absolute atomic E-state index is 0.472. The summed E-state index contributed by atoms with van der Waals surface area (Å²) in [5.74, 6) is 0. The molecule has 0 aliphatic rings. The molecule has 5 N–H and O–H groups in total. The van der Waals surface area contributed by atoms with Crippen LogP contribution in [0.2, 0.25) is 0 Å². The fraction of sp³-hybridized carbons (Fsp3) is 1.00. The first-order valence-corrected chi connectivity index (χ1v) is 4.99. The Kier molecular flexibility index (Phi) is 8.23. The van der Waals surface area contributed by atoms with E-state index in [1.165, 1.54) is 0 Å². The SMILES string of the molecule is C[CH](N)[Na].O=P(O)(O)O. The second-order valence-corrected chi connectivity index (χ2v) is 4.61. The zero-order valence-electron chi connectivity index (χ0n) is 5.35. The second kappa shape index (κ2) is 5.82. The minimum atomic E-state index is -4.64. The van der Waals surface area contributed by atoms with Gasteiger partial charge in [-0.2, -0.15) is 0 Å². The molecule has 52 valence electrons. The van der Waals surface area contributed by atoms with Gasteiger partial charge in [-0.15, -0.1) is 0 Å². The van der Waals surface area contributed by atoms with E-state index in [0.29, 0.717) is 3.29 Å². The topological polar surface area (TPSA) is 104 Å². The first kappa shape index (κ1) is 12.7. The van der Waals surface area contributed by atoms with Crippen molar-refractivity contribution in [2.45, 2.75) is 10.2 Å². The van der Waals surface area contributed by atoms with Gasteiger partial charge in [0.1, 0.15) is 0 Å². The van der Waals surface area contributed by atoms with Gasteiger partial charge in [0.05, 0.1) is 0 Å². The van der Waals surface area contributed by atoms with Gasteiger partial charge in [-0.1, -0.05) is 0 Å². The minimum Gasteiger partial charge on any atom is -0.303 e. The predicted octanol–water partition coefficient (Wildman–Crippen LogP) is -1.47. The fourth-order valence-electron chi connectivity index (χ4n) is 0. The molecular formula is C2H9NNaO4P. The quantitative estimate of drug-likeness (QED) is 0.259. The molecule has 0 bridgehead atoms. The van der Waals surface area contributed by atoms with Crippen molar-refractivity contribution in [1.82, 2.24) is 0 Å². The molecule has 5 nitrogen and oxygen atoms in total. The van der Waals surface area contributed by atoms with Crippen LogP contribution in [0.3, 0.4) is 0 Å². The van der Waals surface area contributed by atoms with Gasteiger partial charge in [0.15, 0.2) is 0 Å². The van der Waals surface area contributed by atoms with E-state index in [1.54, 1.807) is 0 Å². The zero-order chi connectivity index (χ0) is 8.08. The van der Waals surface area contributed by atoms with Crippen LogP contribution in [0.1, 0.15) is 6.92 Å². The van der Waals surface area contributed by atoms with Crippen molar-refractivity contribution < 1.29 is 19.2 Å². The van der Waals surface area contributed by atoms with Gasteiger partial charge in [0, 0.05) is 0 Å². The van der Waals surface area contributed by atoms with Gasteiger partial charge in [0.2, 0.25) is 0 Å². The van der Waals surface area contributed by atoms with Crippen LogP contribution in [0.5, 0.6) is 0 Å². The average Bonchev–Trinajstić information content (AvgIpc) is 1.19. The van der Waals surface area contributed by atoms with Crippen molar-refractivity contribution in [3.8, 4) is 0 Å². The number of hydrogen-bond acceptors (Lipinski definition) is 2. The number of rotatable bonds is 0. The fourth-order valence-corrected chi connectivity index (χ4v) is 0. The van der Waals surface area contributed by atoms with Crippen molar-refractivity contribution in [3.63, 3.8) is 0 Å². The smallest absolute Gasteiger partial charge is 0.303 e. The number of nitrogens with two attached hydrogens (primary N) is 1. The normalized spacial score (nSPS) is 13.7. The van der Waals surface area contributed by atoms with Gasteiger partial charge >= 0.3 is 51.7 Å². The summed E-state index contributed by atoms with van der Waals surface area (Å²) in [6.07, 6.45) is 0. The molecule has 0 heterocycles. The third-order valence-electron chi connectivity index (χ3n) is 0. The second-order valence-electron chi connectivity index (χ2n) is 1.76. The van der Waals surface area contributed by atoms with E-state index in [1.807, 2.05) is 6.92 Å². The molecule has 1 atom stereocenters. The molecule has 0 spiro atoms. The van der Waals surface area contributed by atoms with Crippen molar-refractivity contribution in [2.75, 3.05) is 0 Å². The first-order valence-electron chi connectivity index (χ1n) is 2.27. The summed E-state index contributed by atoms with van der Waals surface area (Å²) in [6, 6.07) is 0. The predicted molar refractivity (Wildman–Crippen MR) is 33.7 cm³/mol. The van der Waals surface area contributed by atoms with Gasteiger partial charge in [0.25, 0.3) is 0 Å². The van der Waals surface area contributed by atoms with Crippen LogP contribution in [0, 0.1) is 0 Å². The summed E-state index contributed by atoms with van der Waals surface area (Å²) >= 11 is 1.13. The molecule has 0 radical (unpaired) electrons. The van der Waals surface area contributed by atoms with Crippen LogP contribution in [-0.4, -0.2) is 45.9 Å². The Bertz CT molecular complexity index is 89.7. The standard InChI is InChI=1S/C2H6N.Na.H3O4P/c1-2-3;;1-5(2,3)4/h2H,3H2,1H3;;(H3,1,2,3,4). The maximum Gasteiger partial charge on any atom is 0.466 e. The maximum atomic E-state index is 8.88. The molecule has 0 rings (SSSR count). The summed E-state index contributed by atoms with van der Waals surface area (Å²) < 4.78 is 9.35. The van der Waals surface area contributed by atoms with Crippen LogP contribution >= 0.6 is 7.82 Å². The number of phosphoric acid groups is 1. The Morgan fingerprint density at radius 2 is 1.56 bits per heavy atom.